The normalized spacial score (nSPS) is 36.8. The van der Waals surface area contributed by atoms with Gasteiger partial charge in [0.2, 0.25) is 0 Å². The van der Waals surface area contributed by atoms with Crippen LogP contribution in [0.25, 0.3) is 0 Å². The summed E-state index contributed by atoms with van der Waals surface area (Å²) >= 11 is 0. The molecular formula is C17H26N2. The Morgan fingerprint density at radius 3 is 2.89 bits per heavy atom. The van der Waals surface area contributed by atoms with E-state index in [1.54, 1.807) is 0 Å². The summed E-state index contributed by atoms with van der Waals surface area (Å²) in [6.45, 7) is 2.59. The van der Waals surface area contributed by atoms with Crippen molar-refractivity contribution in [3.63, 3.8) is 0 Å². The maximum Gasteiger partial charge on any atom is 0.0522 e. The van der Waals surface area contributed by atoms with Crippen molar-refractivity contribution < 1.29 is 0 Å². The van der Waals surface area contributed by atoms with Crippen molar-refractivity contribution in [1.29, 1.82) is 0 Å². The van der Waals surface area contributed by atoms with Gasteiger partial charge < -0.3 is 0 Å². The molecule has 3 aliphatic rings. The van der Waals surface area contributed by atoms with E-state index in [0.29, 0.717) is 5.41 Å². The number of aromatic amines is 1. The molecule has 0 bridgehead atoms. The molecule has 0 aliphatic heterocycles. The zero-order valence-corrected chi connectivity index (χ0v) is 12.1. The van der Waals surface area contributed by atoms with Crippen molar-refractivity contribution in [2.75, 3.05) is 0 Å². The van der Waals surface area contributed by atoms with E-state index in [4.69, 9.17) is 0 Å². The Hall–Kier alpha value is -0.790. The molecule has 0 spiro atoms. The second-order valence-electron chi connectivity index (χ2n) is 7.60. The first kappa shape index (κ1) is 12.0. The second kappa shape index (κ2) is 4.36. The Morgan fingerprint density at radius 1 is 1.21 bits per heavy atom. The first-order chi connectivity index (χ1) is 9.26. The molecule has 2 nitrogen and oxygen atoms in total. The summed E-state index contributed by atoms with van der Waals surface area (Å²) in [7, 11) is 0. The molecule has 3 aliphatic carbocycles. The van der Waals surface area contributed by atoms with E-state index >= 15 is 0 Å². The molecule has 1 aromatic heterocycles. The van der Waals surface area contributed by atoms with Crippen molar-refractivity contribution in [1.82, 2.24) is 10.2 Å². The third-order valence-corrected chi connectivity index (χ3v) is 6.57. The second-order valence-corrected chi connectivity index (χ2v) is 7.60. The van der Waals surface area contributed by atoms with Gasteiger partial charge in [-0.3, -0.25) is 5.10 Å². The van der Waals surface area contributed by atoms with Crippen LogP contribution in [0, 0.1) is 17.3 Å². The highest BCUT2D eigenvalue weighted by molar-refractivity contribution is 5.29. The molecule has 1 heterocycles. The van der Waals surface area contributed by atoms with E-state index in [1.165, 1.54) is 69.0 Å². The molecule has 1 N–H and O–H groups in total. The third-order valence-electron chi connectivity index (χ3n) is 6.57. The molecule has 2 fully saturated rings. The van der Waals surface area contributed by atoms with E-state index in [-0.39, 0.29) is 0 Å². The number of fused-ring (bicyclic) bond motifs is 3. The maximum atomic E-state index is 4.23. The van der Waals surface area contributed by atoms with Crippen LogP contribution in [0.4, 0.5) is 0 Å². The molecule has 19 heavy (non-hydrogen) atoms. The lowest BCUT2D eigenvalue weighted by Crippen LogP contribution is -2.35. The van der Waals surface area contributed by atoms with Crippen LogP contribution in [0.5, 0.6) is 0 Å². The predicted octanol–water partition coefficient (Wildman–Crippen LogP) is 4.44. The summed E-state index contributed by atoms with van der Waals surface area (Å²) in [6, 6.07) is 0. The Labute approximate surface area is 116 Å². The molecular weight excluding hydrogens is 232 g/mol. The summed E-state index contributed by atoms with van der Waals surface area (Å²) in [6.07, 6.45) is 15.1. The van der Waals surface area contributed by atoms with E-state index in [9.17, 15) is 0 Å². The topological polar surface area (TPSA) is 28.7 Å². The Kier molecular flexibility index (Phi) is 2.75. The van der Waals surface area contributed by atoms with E-state index in [2.05, 4.69) is 23.3 Å². The highest BCUT2D eigenvalue weighted by atomic mass is 15.1. The number of aromatic nitrogens is 2. The van der Waals surface area contributed by atoms with Gasteiger partial charge in [-0.05, 0) is 61.3 Å². The predicted molar refractivity (Wildman–Crippen MR) is 77.1 cm³/mol. The zero-order valence-electron chi connectivity index (χ0n) is 12.1. The zero-order chi connectivity index (χ0) is 12.9. The lowest BCUT2D eigenvalue weighted by atomic mass is 9.60. The molecule has 0 saturated heterocycles. The van der Waals surface area contributed by atoms with Crippen molar-refractivity contribution in [3.8, 4) is 0 Å². The van der Waals surface area contributed by atoms with Gasteiger partial charge in [0.15, 0.2) is 0 Å². The van der Waals surface area contributed by atoms with Crippen LogP contribution < -0.4 is 0 Å². The van der Waals surface area contributed by atoms with Crippen LogP contribution in [0.3, 0.4) is 0 Å². The van der Waals surface area contributed by atoms with Gasteiger partial charge in [0.05, 0.1) is 6.20 Å². The van der Waals surface area contributed by atoms with Gasteiger partial charge in [0.25, 0.3) is 0 Å². The molecule has 104 valence electrons. The minimum atomic E-state index is 0.664. The molecule has 2 saturated carbocycles. The molecule has 0 aromatic carbocycles. The summed E-state index contributed by atoms with van der Waals surface area (Å²) in [5, 5.41) is 7.50. The first-order valence-corrected chi connectivity index (χ1v) is 8.28. The summed E-state index contributed by atoms with van der Waals surface area (Å²) in [5.74, 6) is 2.72. The fourth-order valence-corrected chi connectivity index (χ4v) is 5.36. The number of hydrogen-bond donors (Lipinski definition) is 1. The van der Waals surface area contributed by atoms with Crippen LogP contribution in [0.2, 0.25) is 0 Å². The first-order valence-electron chi connectivity index (χ1n) is 8.28. The van der Waals surface area contributed by atoms with Crippen molar-refractivity contribution in [2.24, 2.45) is 17.3 Å². The Bertz CT molecular complexity index is 456. The largest absolute Gasteiger partial charge is 0.282 e. The van der Waals surface area contributed by atoms with Gasteiger partial charge >= 0.3 is 0 Å². The van der Waals surface area contributed by atoms with Gasteiger partial charge in [-0.25, -0.2) is 0 Å². The number of rotatable bonds is 1. The SMILES string of the molecule is CC1(C2CCC3c4[nH]ncc4CC3C2)CCCCC1. The van der Waals surface area contributed by atoms with Gasteiger partial charge in [0, 0.05) is 11.6 Å². The molecule has 0 amide bonds. The van der Waals surface area contributed by atoms with Gasteiger partial charge in [-0.15, -0.1) is 0 Å². The third kappa shape index (κ3) is 1.86. The summed E-state index contributed by atoms with van der Waals surface area (Å²) in [5.41, 5.74) is 3.67. The van der Waals surface area contributed by atoms with Crippen molar-refractivity contribution >= 4 is 0 Å². The van der Waals surface area contributed by atoms with Crippen LogP contribution in [0.15, 0.2) is 6.20 Å². The lowest BCUT2D eigenvalue weighted by molar-refractivity contribution is 0.0623. The molecule has 1 aromatic rings. The van der Waals surface area contributed by atoms with Crippen molar-refractivity contribution in [2.45, 2.75) is 70.6 Å². The average Bonchev–Trinajstić information content (AvgIpc) is 2.99. The number of hydrogen-bond acceptors (Lipinski definition) is 1. The van der Waals surface area contributed by atoms with E-state index in [0.717, 1.165) is 17.8 Å². The molecule has 3 unspecified atom stereocenters. The monoisotopic (exact) mass is 258 g/mol. The van der Waals surface area contributed by atoms with Crippen LogP contribution >= 0.6 is 0 Å². The fraction of sp³-hybridized carbons (Fsp3) is 0.824. The Balaban J connectivity index is 1.50. The quantitative estimate of drug-likeness (QED) is 0.792. The number of nitrogens with one attached hydrogen (secondary N) is 1. The van der Waals surface area contributed by atoms with Crippen LogP contribution in [0.1, 0.15) is 75.5 Å². The van der Waals surface area contributed by atoms with E-state index < -0.39 is 0 Å². The smallest absolute Gasteiger partial charge is 0.0522 e. The lowest BCUT2D eigenvalue weighted by Gasteiger charge is -2.45. The molecule has 4 rings (SSSR count). The number of H-pyrrole nitrogens is 1. The molecule has 0 radical (unpaired) electrons. The minimum absolute atomic E-state index is 0.664. The van der Waals surface area contributed by atoms with Gasteiger partial charge in [0.1, 0.15) is 0 Å². The standard InChI is InChI=1S/C17H26N2/c1-17(7-3-2-4-8-17)14-5-6-15-12(10-14)9-13-11-18-19-16(13)15/h11-12,14-15H,2-10H2,1H3,(H,18,19). The molecule has 3 atom stereocenters. The fourth-order valence-electron chi connectivity index (χ4n) is 5.36. The molecule has 2 heteroatoms. The van der Waals surface area contributed by atoms with Gasteiger partial charge in [-0.2, -0.15) is 5.10 Å². The minimum Gasteiger partial charge on any atom is -0.282 e. The average molecular weight is 258 g/mol. The van der Waals surface area contributed by atoms with Crippen LogP contribution in [-0.4, -0.2) is 10.2 Å². The van der Waals surface area contributed by atoms with Gasteiger partial charge in [-0.1, -0.05) is 26.2 Å². The van der Waals surface area contributed by atoms with Crippen molar-refractivity contribution in [3.05, 3.63) is 17.5 Å². The highest BCUT2D eigenvalue weighted by Crippen LogP contribution is 2.54. The van der Waals surface area contributed by atoms with E-state index in [1.807, 2.05) is 0 Å². The van der Waals surface area contributed by atoms with Crippen LogP contribution in [-0.2, 0) is 6.42 Å². The number of nitrogens with zero attached hydrogens (tertiary/aromatic N) is 1. The highest BCUT2D eigenvalue weighted by Gasteiger charge is 2.44. The maximum absolute atomic E-state index is 4.23. The Morgan fingerprint density at radius 2 is 2.05 bits per heavy atom. The summed E-state index contributed by atoms with van der Waals surface area (Å²) in [4.78, 5) is 0. The summed E-state index contributed by atoms with van der Waals surface area (Å²) < 4.78 is 0.